The molecule has 3 N–H and O–H groups in total. The number of ether oxygens (including phenoxy) is 2. The highest BCUT2D eigenvalue weighted by Gasteiger charge is 2.26. The van der Waals surface area contributed by atoms with Crippen LogP contribution in [0.2, 0.25) is 0 Å². The fourth-order valence-corrected chi connectivity index (χ4v) is 8.87. The molecule has 2 unspecified atom stereocenters. The molecule has 0 amide bonds. The molecule has 374 valence electrons. The van der Waals surface area contributed by atoms with Crippen LogP contribution in [0.1, 0.15) is 284 Å². The van der Waals surface area contributed by atoms with Crippen LogP contribution < -0.4 is 5.73 Å². The van der Waals surface area contributed by atoms with Gasteiger partial charge in [0.25, 0.3) is 0 Å². The zero-order valence-corrected chi connectivity index (χ0v) is 42.5. The van der Waals surface area contributed by atoms with E-state index in [1.165, 1.54) is 218 Å². The van der Waals surface area contributed by atoms with E-state index in [2.05, 4.69) is 26.0 Å². The molecule has 0 aliphatic heterocycles. The first-order valence-electron chi connectivity index (χ1n) is 27.2. The number of carbonyl (C=O) groups excluding carboxylic acids is 2. The van der Waals surface area contributed by atoms with E-state index >= 15 is 0 Å². The number of rotatable bonds is 52. The van der Waals surface area contributed by atoms with Crippen molar-refractivity contribution in [3.63, 3.8) is 0 Å². The van der Waals surface area contributed by atoms with Gasteiger partial charge in [-0.05, 0) is 38.5 Å². The van der Waals surface area contributed by atoms with Crippen molar-refractivity contribution in [1.82, 2.24) is 0 Å². The number of phosphoric ester groups is 1. The number of hydrogen-bond acceptors (Lipinski definition) is 8. The Bertz CT molecular complexity index is 1040. The van der Waals surface area contributed by atoms with Crippen molar-refractivity contribution in [1.29, 1.82) is 0 Å². The van der Waals surface area contributed by atoms with Crippen LogP contribution in [-0.4, -0.2) is 49.3 Å². The number of nitrogens with two attached hydrogens (primary N) is 1. The first kappa shape index (κ1) is 61.8. The second-order valence-electron chi connectivity index (χ2n) is 18.5. The van der Waals surface area contributed by atoms with Gasteiger partial charge in [-0.3, -0.25) is 18.6 Å². The minimum Gasteiger partial charge on any atom is -0.462 e. The predicted molar refractivity (Wildman–Crippen MR) is 266 cm³/mol. The number of esters is 2. The highest BCUT2D eigenvalue weighted by atomic mass is 31.2. The zero-order valence-electron chi connectivity index (χ0n) is 41.6. The number of unbranched alkanes of at least 4 members (excludes halogenated alkanes) is 37. The molecule has 0 aliphatic rings. The molecule has 0 bridgehead atoms. The van der Waals surface area contributed by atoms with Gasteiger partial charge in [-0.15, -0.1) is 0 Å². The van der Waals surface area contributed by atoms with Crippen molar-refractivity contribution in [2.75, 3.05) is 26.4 Å². The van der Waals surface area contributed by atoms with Crippen molar-refractivity contribution < 1.29 is 37.6 Å². The summed E-state index contributed by atoms with van der Waals surface area (Å²) in [7, 11) is -4.38. The Kier molecular flexibility index (Phi) is 49.2. The maximum absolute atomic E-state index is 12.7. The van der Waals surface area contributed by atoms with Crippen LogP contribution in [0, 0.1) is 0 Å². The normalized spacial score (nSPS) is 13.1. The Morgan fingerprint density at radius 3 is 1.13 bits per heavy atom. The number of phosphoric acid groups is 1. The van der Waals surface area contributed by atoms with E-state index in [4.69, 9.17) is 24.3 Å². The van der Waals surface area contributed by atoms with E-state index in [0.717, 1.165) is 32.1 Å². The summed E-state index contributed by atoms with van der Waals surface area (Å²) < 4.78 is 33.0. The highest BCUT2D eigenvalue weighted by Crippen LogP contribution is 2.43. The van der Waals surface area contributed by atoms with Gasteiger partial charge in [0.05, 0.1) is 13.2 Å². The summed E-state index contributed by atoms with van der Waals surface area (Å²) in [6, 6.07) is 0. The third-order valence-electron chi connectivity index (χ3n) is 12.2. The van der Waals surface area contributed by atoms with Gasteiger partial charge in [0.15, 0.2) is 6.10 Å². The van der Waals surface area contributed by atoms with Gasteiger partial charge in [0, 0.05) is 19.4 Å². The number of hydrogen-bond donors (Lipinski definition) is 2. The molecule has 0 saturated carbocycles. The van der Waals surface area contributed by atoms with E-state index in [1.54, 1.807) is 0 Å². The fraction of sp³-hybridized carbons (Fsp3) is 0.925. The second-order valence-corrected chi connectivity index (χ2v) is 19.9. The molecular weight excluding hydrogens is 810 g/mol. The molecule has 0 aromatic carbocycles. The molecule has 10 heteroatoms. The van der Waals surface area contributed by atoms with Crippen molar-refractivity contribution in [2.24, 2.45) is 5.73 Å². The number of carbonyl (C=O) groups is 2. The molecule has 0 aliphatic carbocycles. The third kappa shape index (κ3) is 50.0. The average molecular weight is 914 g/mol. The van der Waals surface area contributed by atoms with Crippen LogP contribution in [-0.2, 0) is 32.7 Å². The minimum absolute atomic E-state index is 0.0567. The largest absolute Gasteiger partial charge is 0.472 e. The lowest BCUT2D eigenvalue weighted by molar-refractivity contribution is -0.161. The van der Waals surface area contributed by atoms with Crippen molar-refractivity contribution in [3.05, 3.63) is 12.2 Å². The highest BCUT2D eigenvalue weighted by molar-refractivity contribution is 7.47. The molecule has 0 heterocycles. The maximum Gasteiger partial charge on any atom is 0.472 e. The van der Waals surface area contributed by atoms with E-state index in [-0.39, 0.29) is 38.6 Å². The first-order valence-corrected chi connectivity index (χ1v) is 28.7. The summed E-state index contributed by atoms with van der Waals surface area (Å²) in [5, 5.41) is 0. The van der Waals surface area contributed by atoms with E-state index in [9.17, 15) is 19.0 Å². The quantitative estimate of drug-likeness (QED) is 0.0265. The van der Waals surface area contributed by atoms with Gasteiger partial charge >= 0.3 is 19.8 Å². The van der Waals surface area contributed by atoms with Gasteiger partial charge in [0.2, 0.25) is 0 Å². The van der Waals surface area contributed by atoms with Crippen LogP contribution in [0.5, 0.6) is 0 Å². The molecule has 0 radical (unpaired) electrons. The van der Waals surface area contributed by atoms with Crippen LogP contribution in [0.4, 0.5) is 0 Å². The summed E-state index contributed by atoms with van der Waals surface area (Å²) in [6.07, 6.45) is 55.4. The lowest BCUT2D eigenvalue weighted by atomic mass is 10.0. The van der Waals surface area contributed by atoms with Gasteiger partial charge in [-0.1, -0.05) is 244 Å². The SMILES string of the molecule is CCCCCCCCCC/C=C\CCCCCCCCCCCCCC(=O)OC(COC(=O)CCCCCCCCCCCCCCCCCCCCC)COP(=O)(O)OCCN. The van der Waals surface area contributed by atoms with Crippen LogP contribution in [0.15, 0.2) is 12.2 Å². The molecular formula is C53H104NO8P. The molecule has 0 saturated heterocycles. The van der Waals surface area contributed by atoms with Crippen molar-refractivity contribution in [3.8, 4) is 0 Å². The monoisotopic (exact) mass is 914 g/mol. The Morgan fingerprint density at radius 2 is 0.778 bits per heavy atom. The van der Waals surface area contributed by atoms with E-state index < -0.39 is 26.5 Å². The fourth-order valence-electron chi connectivity index (χ4n) is 8.10. The summed E-state index contributed by atoms with van der Waals surface area (Å²) >= 11 is 0. The summed E-state index contributed by atoms with van der Waals surface area (Å²) in [4.78, 5) is 35.1. The Morgan fingerprint density at radius 1 is 0.460 bits per heavy atom. The molecule has 0 fully saturated rings. The van der Waals surface area contributed by atoms with Gasteiger partial charge in [-0.25, -0.2) is 4.57 Å². The van der Waals surface area contributed by atoms with Gasteiger partial charge in [0.1, 0.15) is 6.61 Å². The third-order valence-corrected chi connectivity index (χ3v) is 13.1. The lowest BCUT2D eigenvalue weighted by Gasteiger charge is -2.19. The first-order chi connectivity index (χ1) is 30.8. The van der Waals surface area contributed by atoms with Crippen LogP contribution in [0.3, 0.4) is 0 Å². The Balaban J connectivity index is 3.97. The summed E-state index contributed by atoms with van der Waals surface area (Å²) in [6.45, 7) is 3.80. The van der Waals surface area contributed by atoms with Crippen molar-refractivity contribution in [2.45, 2.75) is 290 Å². The Labute approximate surface area is 389 Å². The molecule has 0 aromatic rings. The standard InChI is InChI=1S/C53H104NO8P/c1-3-5-7-9-11-13-15-17-19-21-23-24-25-26-28-30-32-34-36-38-40-42-44-46-53(56)62-51(50-61-63(57,58)60-48-47-54)49-59-52(55)45-43-41-39-37-35-33-31-29-27-22-20-18-16-14-12-10-8-6-4-2/h21,23,51H,3-20,22,24-50,54H2,1-2H3,(H,57,58)/b23-21-. The number of allylic oxidation sites excluding steroid dienone is 2. The minimum atomic E-state index is -4.38. The molecule has 0 spiro atoms. The molecule has 2 atom stereocenters. The smallest absolute Gasteiger partial charge is 0.462 e. The van der Waals surface area contributed by atoms with Crippen LogP contribution in [0.25, 0.3) is 0 Å². The average Bonchev–Trinajstić information content (AvgIpc) is 3.27. The lowest BCUT2D eigenvalue weighted by Crippen LogP contribution is -2.29. The zero-order chi connectivity index (χ0) is 46.0. The van der Waals surface area contributed by atoms with Crippen molar-refractivity contribution >= 4 is 19.8 Å². The maximum atomic E-state index is 12.7. The summed E-state index contributed by atoms with van der Waals surface area (Å²) in [5.41, 5.74) is 5.37. The van der Waals surface area contributed by atoms with Crippen LogP contribution >= 0.6 is 7.82 Å². The second kappa shape index (κ2) is 50.2. The summed E-state index contributed by atoms with van der Waals surface area (Å²) in [5.74, 6) is -0.810. The Hall–Kier alpha value is -1.25. The molecule has 0 rings (SSSR count). The molecule has 0 aromatic heterocycles. The van der Waals surface area contributed by atoms with Gasteiger partial charge in [-0.2, -0.15) is 0 Å². The topological polar surface area (TPSA) is 134 Å². The predicted octanol–water partition coefficient (Wildman–Crippen LogP) is 16.5. The van der Waals surface area contributed by atoms with E-state index in [1.807, 2.05) is 0 Å². The van der Waals surface area contributed by atoms with Gasteiger partial charge < -0.3 is 20.1 Å². The molecule has 9 nitrogen and oxygen atoms in total. The van der Waals surface area contributed by atoms with E-state index in [0.29, 0.717) is 6.42 Å². The molecule has 63 heavy (non-hydrogen) atoms.